The third kappa shape index (κ3) is 2.23. The van der Waals surface area contributed by atoms with Crippen molar-refractivity contribution in [3.05, 3.63) is 18.7 Å². The van der Waals surface area contributed by atoms with Crippen LogP contribution in [0.3, 0.4) is 0 Å². The SMILES string of the molecule is CN(C)C(=O)n1cc[n+](C)c1.[Cl-]. The molecule has 0 aliphatic rings. The van der Waals surface area contributed by atoms with Gasteiger partial charge in [-0.1, -0.05) is 0 Å². The molecular formula is C7H12ClN3O. The highest BCUT2D eigenvalue weighted by Crippen LogP contribution is 1.87. The van der Waals surface area contributed by atoms with Gasteiger partial charge in [-0.2, -0.15) is 4.57 Å². The van der Waals surface area contributed by atoms with Gasteiger partial charge in [-0.25, -0.2) is 9.36 Å². The number of imidazole rings is 1. The first-order valence-corrected chi connectivity index (χ1v) is 3.36. The van der Waals surface area contributed by atoms with Gasteiger partial charge in [0.05, 0.1) is 7.05 Å². The minimum Gasteiger partial charge on any atom is -1.00 e. The molecule has 0 N–H and O–H groups in total. The summed E-state index contributed by atoms with van der Waals surface area (Å²) in [5.41, 5.74) is 0. The highest BCUT2D eigenvalue weighted by atomic mass is 35.5. The molecule has 0 fully saturated rings. The minimum atomic E-state index is -0.0365. The fourth-order valence-corrected chi connectivity index (χ4v) is 0.794. The monoisotopic (exact) mass is 189 g/mol. The summed E-state index contributed by atoms with van der Waals surface area (Å²) in [4.78, 5) is 12.8. The van der Waals surface area contributed by atoms with Crippen molar-refractivity contribution >= 4 is 6.03 Å². The van der Waals surface area contributed by atoms with E-state index >= 15 is 0 Å². The van der Waals surface area contributed by atoms with Gasteiger partial charge in [-0.05, 0) is 0 Å². The van der Waals surface area contributed by atoms with Gasteiger partial charge in [0.25, 0.3) is 6.33 Å². The lowest BCUT2D eigenvalue weighted by Crippen LogP contribution is -3.00. The van der Waals surface area contributed by atoms with E-state index in [4.69, 9.17) is 0 Å². The zero-order valence-corrected chi connectivity index (χ0v) is 8.12. The van der Waals surface area contributed by atoms with E-state index in [-0.39, 0.29) is 18.4 Å². The summed E-state index contributed by atoms with van der Waals surface area (Å²) in [6.07, 6.45) is 5.27. The smallest absolute Gasteiger partial charge is 0.415 e. The molecule has 1 amide bonds. The van der Waals surface area contributed by atoms with Crippen molar-refractivity contribution in [1.82, 2.24) is 9.47 Å². The molecule has 1 heterocycles. The minimum absolute atomic E-state index is 0. The Morgan fingerprint density at radius 1 is 1.50 bits per heavy atom. The van der Waals surface area contributed by atoms with E-state index in [1.54, 1.807) is 26.6 Å². The summed E-state index contributed by atoms with van der Waals surface area (Å²) in [5, 5.41) is 0. The van der Waals surface area contributed by atoms with Crippen LogP contribution in [0, 0.1) is 0 Å². The molecule has 4 nitrogen and oxygen atoms in total. The number of halogens is 1. The van der Waals surface area contributed by atoms with Gasteiger partial charge in [-0.3, -0.25) is 0 Å². The highest BCUT2D eigenvalue weighted by molar-refractivity contribution is 5.75. The average molecular weight is 190 g/mol. The lowest BCUT2D eigenvalue weighted by molar-refractivity contribution is -0.670. The molecule has 12 heavy (non-hydrogen) atoms. The number of nitrogens with zero attached hydrogens (tertiary/aromatic N) is 3. The zero-order valence-electron chi connectivity index (χ0n) is 7.36. The van der Waals surface area contributed by atoms with Crippen LogP contribution >= 0.6 is 0 Å². The van der Waals surface area contributed by atoms with Crippen molar-refractivity contribution in [2.75, 3.05) is 14.1 Å². The van der Waals surface area contributed by atoms with Crippen LogP contribution in [-0.4, -0.2) is 29.6 Å². The number of carbonyl (C=O) groups is 1. The summed E-state index contributed by atoms with van der Waals surface area (Å²) >= 11 is 0. The molecule has 68 valence electrons. The van der Waals surface area contributed by atoms with Crippen LogP contribution in [0.1, 0.15) is 0 Å². The van der Waals surface area contributed by atoms with Crippen LogP contribution in [0.25, 0.3) is 0 Å². The lowest BCUT2D eigenvalue weighted by atomic mass is 10.8. The largest absolute Gasteiger partial charge is 1.00 e. The van der Waals surface area contributed by atoms with E-state index in [2.05, 4.69) is 0 Å². The van der Waals surface area contributed by atoms with Gasteiger partial charge in [0.15, 0.2) is 0 Å². The summed E-state index contributed by atoms with van der Waals surface area (Å²) in [6.45, 7) is 0. The molecule has 0 spiro atoms. The maximum Gasteiger partial charge on any atom is 0.415 e. The molecule has 1 aromatic heterocycles. The number of hydrogen-bond donors (Lipinski definition) is 0. The van der Waals surface area contributed by atoms with Gasteiger partial charge in [-0.15, -0.1) is 0 Å². The van der Waals surface area contributed by atoms with E-state index in [1.807, 2.05) is 17.8 Å². The van der Waals surface area contributed by atoms with Crippen LogP contribution in [-0.2, 0) is 7.05 Å². The zero-order chi connectivity index (χ0) is 8.43. The Balaban J connectivity index is 0.00000121. The second-order valence-corrected chi connectivity index (χ2v) is 2.66. The number of carbonyl (C=O) groups excluding carboxylic acids is 1. The second kappa shape index (κ2) is 4.11. The van der Waals surface area contributed by atoms with E-state index in [0.717, 1.165) is 0 Å². The van der Waals surface area contributed by atoms with Crippen LogP contribution < -0.4 is 17.0 Å². The molecule has 1 aromatic rings. The van der Waals surface area contributed by atoms with Crippen molar-refractivity contribution < 1.29 is 21.8 Å². The number of hydrogen-bond acceptors (Lipinski definition) is 1. The van der Waals surface area contributed by atoms with E-state index in [1.165, 1.54) is 9.47 Å². The second-order valence-electron chi connectivity index (χ2n) is 2.66. The first kappa shape index (κ1) is 11.0. The molecular weight excluding hydrogens is 178 g/mol. The Kier molecular flexibility index (Phi) is 3.76. The maximum absolute atomic E-state index is 11.2. The fraction of sp³-hybridized carbons (Fsp3) is 0.429. The van der Waals surface area contributed by atoms with E-state index in [9.17, 15) is 4.79 Å². The van der Waals surface area contributed by atoms with Crippen LogP contribution in [0.4, 0.5) is 4.79 Å². The molecule has 0 aromatic carbocycles. The van der Waals surface area contributed by atoms with Crippen molar-refractivity contribution in [3.63, 3.8) is 0 Å². The molecule has 5 heteroatoms. The summed E-state index contributed by atoms with van der Waals surface area (Å²) < 4.78 is 3.35. The van der Waals surface area contributed by atoms with Gasteiger partial charge in [0.1, 0.15) is 12.4 Å². The third-order valence-electron chi connectivity index (χ3n) is 1.37. The number of rotatable bonds is 0. The molecule has 0 saturated carbocycles. The predicted octanol–water partition coefficient (Wildman–Crippen LogP) is -3.15. The van der Waals surface area contributed by atoms with Gasteiger partial charge in [0, 0.05) is 14.1 Å². The Bertz CT molecular complexity index is 269. The Morgan fingerprint density at radius 2 is 2.08 bits per heavy atom. The standard InChI is InChI=1S/C7H12N3O.ClH/c1-8(2)7(11)10-5-4-9(3)6-10;/h4-6H,1-3H3;1H/q+1;/p-1. The predicted molar refractivity (Wildman–Crippen MR) is 40.1 cm³/mol. The topological polar surface area (TPSA) is 29.1 Å². The van der Waals surface area contributed by atoms with Crippen LogP contribution in [0.15, 0.2) is 18.7 Å². The summed E-state index contributed by atoms with van der Waals surface area (Å²) in [7, 11) is 5.32. The van der Waals surface area contributed by atoms with Crippen LogP contribution in [0.5, 0.6) is 0 Å². The molecule has 0 saturated heterocycles. The molecule has 0 atom stereocenters. The molecule has 0 aliphatic heterocycles. The molecule has 0 bridgehead atoms. The van der Waals surface area contributed by atoms with E-state index in [0.29, 0.717) is 0 Å². The van der Waals surface area contributed by atoms with Crippen molar-refractivity contribution in [2.45, 2.75) is 0 Å². The lowest BCUT2D eigenvalue weighted by Gasteiger charge is -2.03. The summed E-state index contributed by atoms with van der Waals surface area (Å²) in [6, 6.07) is -0.0365. The maximum atomic E-state index is 11.2. The number of aryl methyl sites for hydroxylation is 1. The third-order valence-corrected chi connectivity index (χ3v) is 1.37. The summed E-state index contributed by atoms with van der Waals surface area (Å²) in [5.74, 6) is 0. The Labute approximate surface area is 77.8 Å². The fourth-order valence-electron chi connectivity index (χ4n) is 0.794. The molecule has 0 unspecified atom stereocenters. The number of aromatic nitrogens is 2. The quantitative estimate of drug-likeness (QED) is 0.397. The number of amides is 1. The normalized spacial score (nSPS) is 8.92. The van der Waals surface area contributed by atoms with E-state index < -0.39 is 0 Å². The molecule has 0 aliphatic carbocycles. The first-order chi connectivity index (χ1) is 5.11. The van der Waals surface area contributed by atoms with Crippen molar-refractivity contribution in [3.8, 4) is 0 Å². The Hall–Kier alpha value is -1.03. The van der Waals surface area contributed by atoms with Crippen LogP contribution in [0.2, 0.25) is 0 Å². The van der Waals surface area contributed by atoms with Crippen molar-refractivity contribution in [1.29, 1.82) is 0 Å². The Morgan fingerprint density at radius 3 is 2.42 bits per heavy atom. The molecule has 1 rings (SSSR count). The molecule has 0 radical (unpaired) electrons. The first-order valence-electron chi connectivity index (χ1n) is 3.36. The average Bonchev–Trinajstić information content (AvgIpc) is 2.34. The van der Waals surface area contributed by atoms with Crippen molar-refractivity contribution in [2.24, 2.45) is 7.05 Å². The van der Waals surface area contributed by atoms with Gasteiger partial charge in [0.2, 0.25) is 0 Å². The van der Waals surface area contributed by atoms with Gasteiger partial charge < -0.3 is 17.3 Å². The highest BCUT2D eigenvalue weighted by Gasteiger charge is 2.12. The van der Waals surface area contributed by atoms with Gasteiger partial charge >= 0.3 is 6.03 Å².